The Morgan fingerprint density at radius 1 is 1.45 bits per heavy atom. The molecule has 0 aliphatic carbocycles. The zero-order chi connectivity index (χ0) is 13.9. The van der Waals surface area contributed by atoms with Crippen molar-refractivity contribution in [2.24, 2.45) is 0 Å². The van der Waals surface area contributed by atoms with Gasteiger partial charge in [0.1, 0.15) is 5.82 Å². The second kappa shape index (κ2) is 6.39. The van der Waals surface area contributed by atoms with Crippen molar-refractivity contribution in [3.05, 3.63) is 34.6 Å². The predicted octanol–water partition coefficient (Wildman–Crippen LogP) is 2.43. The smallest absolute Gasteiger partial charge is 0.142 e. The lowest BCUT2D eigenvalue weighted by atomic mass is 10.2. The molecule has 0 aromatic heterocycles. The molecule has 5 heteroatoms. The summed E-state index contributed by atoms with van der Waals surface area (Å²) in [4.78, 5) is 2.53. The number of nitrogens with one attached hydrogen (secondary N) is 1. The predicted molar refractivity (Wildman–Crippen MR) is 77.5 cm³/mol. The van der Waals surface area contributed by atoms with Crippen molar-refractivity contribution in [1.82, 2.24) is 10.2 Å². The summed E-state index contributed by atoms with van der Waals surface area (Å²) in [5.41, 5.74) is 0.904. The Kier molecular flexibility index (Phi) is 4.56. The van der Waals surface area contributed by atoms with Gasteiger partial charge < -0.3 is 10.1 Å². The van der Waals surface area contributed by atoms with Gasteiger partial charge in [-0.3, -0.25) is 4.90 Å². The number of hydrogen-bond acceptors (Lipinski definition) is 3. The van der Waals surface area contributed by atoms with E-state index in [-0.39, 0.29) is 16.9 Å². The van der Waals surface area contributed by atoms with Gasteiger partial charge in [0.15, 0.2) is 0 Å². The third-order valence-corrected chi connectivity index (χ3v) is 4.45. The highest BCUT2D eigenvalue weighted by Crippen LogP contribution is 2.22. The number of morpholine rings is 1. The van der Waals surface area contributed by atoms with Crippen molar-refractivity contribution in [2.75, 3.05) is 26.2 Å². The van der Waals surface area contributed by atoms with Crippen molar-refractivity contribution in [3.63, 3.8) is 0 Å². The third kappa shape index (κ3) is 3.31. The topological polar surface area (TPSA) is 24.5 Å². The molecule has 2 saturated heterocycles. The average molecular weight is 299 g/mol. The highest BCUT2D eigenvalue weighted by atomic mass is 35.5. The molecule has 1 aromatic carbocycles. The van der Waals surface area contributed by atoms with Gasteiger partial charge in [-0.2, -0.15) is 0 Å². The standard InChI is InChI=1S/C15H20ClFN2O/c16-14-4-3-11(6-15(14)17)7-18-8-13-9-19-5-1-2-12(19)10-20-13/h3-4,6,12-13,18H,1-2,5,7-10H2. The summed E-state index contributed by atoms with van der Waals surface area (Å²) < 4.78 is 19.2. The molecule has 2 aliphatic rings. The highest BCUT2D eigenvalue weighted by Gasteiger charge is 2.31. The molecule has 0 spiro atoms. The van der Waals surface area contributed by atoms with Crippen LogP contribution in [-0.4, -0.2) is 43.3 Å². The summed E-state index contributed by atoms with van der Waals surface area (Å²) in [6.45, 7) is 4.49. The maximum absolute atomic E-state index is 13.3. The van der Waals surface area contributed by atoms with Crippen molar-refractivity contribution >= 4 is 11.6 Å². The number of halogens is 2. The van der Waals surface area contributed by atoms with E-state index < -0.39 is 0 Å². The van der Waals surface area contributed by atoms with E-state index in [2.05, 4.69) is 10.2 Å². The summed E-state index contributed by atoms with van der Waals surface area (Å²) in [6, 6.07) is 5.56. The van der Waals surface area contributed by atoms with Crippen LogP contribution in [0.15, 0.2) is 18.2 Å². The third-order valence-electron chi connectivity index (χ3n) is 4.15. The van der Waals surface area contributed by atoms with Crippen LogP contribution in [0.2, 0.25) is 5.02 Å². The average Bonchev–Trinajstić information content (AvgIpc) is 2.90. The SMILES string of the molecule is Fc1cc(CNCC2CN3CCCC3CO2)ccc1Cl. The van der Waals surface area contributed by atoms with E-state index in [1.165, 1.54) is 25.5 Å². The minimum absolute atomic E-state index is 0.171. The number of ether oxygens (including phenoxy) is 1. The summed E-state index contributed by atoms with van der Waals surface area (Å²) in [5.74, 6) is -0.361. The van der Waals surface area contributed by atoms with Gasteiger partial charge >= 0.3 is 0 Å². The maximum Gasteiger partial charge on any atom is 0.142 e. The van der Waals surface area contributed by atoms with Gasteiger partial charge in [-0.25, -0.2) is 4.39 Å². The maximum atomic E-state index is 13.3. The second-order valence-electron chi connectivity index (χ2n) is 5.63. The fraction of sp³-hybridized carbons (Fsp3) is 0.600. The summed E-state index contributed by atoms with van der Waals surface area (Å²) in [5, 5.41) is 3.51. The molecule has 1 aromatic rings. The molecule has 2 atom stereocenters. The highest BCUT2D eigenvalue weighted by molar-refractivity contribution is 6.30. The Labute approximate surface area is 124 Å². The molecule has 2 fully saturated rings. The molecule has 0 bridgehead atoms. The number of hydrogen-bond donors (Lipinski definition) is 1. The van der Waals surface area contributed by atoms with E-state index in [9.17, 15) is 4.39 Å². The molecule has 0 saturated carbocycles. The number of benzene rings is 1. The molecule has 3 rings (SSSR count). The molecule has 0 radical (unpaired) electrons. The molecule has 2 aliphatic heterocycles. The van der Waals surface area contributed by atoms with Gasteiger partial charge in [0, 0.05) is 25.7 Å². The first-order chi connectivity index (χ1) is 9.72. The Hall–Kier alpha value is -0.680. The molecule has 2 heterocycles. The first kappa shape index (κ1) is 14.3. The summed E-state index contributed by atoms with van der Waals surface area (Å²) in [7, 11) is 0. The van der Waals surface area contributed by atoms with Crippen LogP contribution in [0.3, 0.4) is 0 Å². The first-order valence-corrected chi connectivity index (χ1v) is 7.60. The molecular formula is C15H20ClFN2O. The molecular weight excluding hydrogens is 279 g/mol. The number of fused-ring (bicyclic) bond motifs is 1. The van der Waals surface area contributed by atoms with E-state index in [0.29, 0.717) is 12.6 Å². The van der Waals surface area contributed by atoms with Crippen molar-refractivity contribution in [1.29, 1.82) is 0 Å². The molecule has 20 heavy (non-hydrogen) atoms. The van der Waals surface area contributed by atoms with Gasteiger partial charge in [-0.05, 0) is 37.1 Å². The Balaban J connectivity index is 1.44. The van der Waals surface area contributed by atoms with Crippen LogP contribution in [0.5, 0.6) is 0 Å². The molecule has 2 unspecified atom stereocenters. The normalized spacial score (nSPS) is 26.7. The zero-order valence-electron chi connectivity index (χ0n) is 11.4. The summed E-state index contributed by atoms with van der Waals surface area (Å²) >= 11 is 5.67. The van der Waals surface area contributed by atoms with E-state index in [4.69, 9.17) is 16.3 Å². The lowest BCUT2D eigenvalue weighted by Gasteiger charge is -2.35. The van der Waals surface area contributed by atoms with Crippen LogP contribution >= 0.6 is 11.6 Å². The van der Waals surface area contributed by atoms with Crippen LogP contribution in [0.4, 0.5) is 4.39 Å². The Bertz CT molecular complexity index is 471. The molecule has 0 amide bonds. The van der Waals surface area contributed by atoms with E-state index >= 15 is 0 Å². The minimum Gasteiger partial charge on any atom is -0.374 e. The number of rotatable bonds is 4. The van der Waals surface area contributed by atoms with Crippen LogP contribution in [-0.2, 0) is 11.3 Å². The van der Waals surface area contributed by atoms with Crippen LogP contribution in [0.25, 0.3) is 0 Å². The quantitative estimate of drug-likeness (QED) is 0.924. The van der Waals surface area contributed by atoms with Crippen molar-refractivity contribution in [3.8, 4) is 0 Å². The fourth-order valence-corrected chi connectivity index (χ4v) is 3.15. The molecule has 110 valence electrons. The molecule has 3 nitrogen and oxygen atoms in total. The lowest BCUT2D eigenvalue weighted by Crippen LogP contribution is -2.49. The molecule has 1 N–H and O–H groups in total. The van der Waals surface area contributed by atoms with Gasteiger partial charge in [0.05, 0.1) is 17.7 Å². The monoisotopic (exact) mass is 298 g/mol. The van der Waals surface area contributed by atoms with E-state index in [1.807, 2.05) is 6.07 Å². The zero-order valence-corrected chi connectivity index (χ0v) is 12.2. The first-order valence-electron chi connectivity index (χ1n) is 7.22. The van der Waals surface area contributed by atoms with Crippen molar-refractivity contribution in [2.45, 2.75) is 31.5 Å². The van der Waals surface area contributed by atoms with Crippen LogP contribution in [0.1, 0.15) is 18.4 Å². The Morgan fingerprint density at radius 2 is 2.35 bits per heavy atom. The van der Waals surface area contributed by atoms with Crippen LogP contribution < -0.4 is 5.32 Å². The fourth-order valence-electron chi connectivity index (χ4n) is 3.04. The van der Waals surface area contributed by atoms with Gasteiger partial charge in [-0.15, -0.1) is 0 Å². The largest absolute Gasteiger partial charge is 0.374 e. The summed E-state index contributed by atoms with van der Waals surface area (Å²) in [6.07, 6.45) is 2.80. The second-order valence-corrected chi connectivity index (χ2v) is 6.03. The number of nitrogens with zero attached hydrogens (tertiary/aromatic N) is 1. The van der Waals surface area contributed by atoms with Crippen molar-refractivity contribution < 1.29 is 9.13 Å². The van der Waals surface area contributed by atoms with Crippen LogP contribution in [0, 0.1) is 5.82 Å². The van der Waals surface area contributed by atoms with Gasteiger partial charge in [-0.1, -0.05) is 17.7 Å². The van der Waals surface area contributed by atoms with E-state index in [0.717, 1.165) is 25.3 Å². The van der Waals surface area contributed by atoms with Gasteiger partial charge in [0.2, 0.25) is 0 Å². The Morgan fingerprint density at radius 3 is 3.20 bits per heavy atom. The van der Waals surface area contributed by atoms with E-state index in [1.54, 1.807) is 6.07 Å². The minimum atomic E-state index is -0.361. The lowest BCUT2D eigenvalue weighted by molar-refractivity contribution is -0.0470. The van der Waals surface area contributed by atoms with Gasteiger partial charge in [0.25, 0.3) is 0 Å².